The molecule has 0 saturated heterocycles. The lowest BCUT2D eigenvalue weighted by atomic mass is 10.1. The van der Waals surface area contributed by atoms with Gasteiger partial charge in [-0.15, -0.1) is 23.2 Å². The van der Waals surface area contributed by atoms with Gasteiger partial charge in [0.1, 0.15) is 0 Å². The third kappa shape index (κ3) is 22.3. The largest absolute Gasteiger partial charge is 0.127 e. The number of unbranched alkanes of at least 4 members (excludes halogenated alkanes) is 15. The van der Waals surface area contributed by atoms with Crippen molar-refractivity contribution in [2.24, 2.45) is 0 Å². The molecule has 0 aromatic carbocycles. The fraction of sp³-hybridized carbons (Fsp3) is 0.905. The Morgan fingerprint density at radius 2 is 0.609 bits per heavy atom. The van der Waals surface area contributed by atoms with Crippen LogP contribution in [0.3, 0.4) is 0 Å². The molecule has 0 aromatic heterocycles. The number of hydrogen-bond acceptors (Lipinski definition) is 0. The molecule has 23 heavy (non-hydrogen) atoms. The van der Waals surface area contributed by atoms with Crippen molar-refractivity contribution in [2.45, 2.75) is 109 Å². The second-order valence-corrected chi connectivity index (χ2v) is 7.49. The Balaban J connectivity index is 3.03. The minimum atomic E-state index is 0.833. The van der Waals surface area contributed by atoms with Crippen LogP contribution >= 0.6 is 23.2 Å². The molecule has 0 amide bonds. The van der Waals surface area contributed by atoms with E-state index in [9.17, 15) is 0 Å². The number of hydrogen-bond donors (Lipinski definition) is 0. The molecule has 0 atom stereocenters. The van der Waals surface area contributed by atoms with E-state index in [0.29, 0.717) is 0 Å². The van der Waals surface area contributed by atoms with E-state index < -0.39 is 0 Å². The van der Waals surface area contributed by atoms with Crippen LogP contribution in [0.1, 0.15) is 109 Å². The SMILES string of the molecule is ClCCCCCCCCCC=CCCCCCCCCCCCl. The van der Waals surface area contributed by atoms with Crippen LogP contribution < -0.4 is 0 Å². The van der Waals surface area contributed by atoms with Crippen LogP contribution in [-0.4, -0.2) is 11.8 Å². The lowest BCUT2D eigenvalue weighted by molar-refractivity contribution is 0.577. The van der Waals surface area contributed by atoms with Crippen molar-refractivity contribution in [1.82, 2.24) is 0 Å². The van der Waals surface area contributed by atoms with Crippen LogP contribution in [0.25, 0.3) is 0 Å². The number of alkyl halides is 2. The first-order valence-electron chi connectivity index (χ1n) is 10.2. The maximum absolute atomic E-state index is 5.67. The van der Waals surface area contributed by atoms with E-state index in [1.807, 2.05) is 0 Å². The molecule has 0 heterocycles. The van der Waals surface area contributed by atoms with Gasteiger partial charge in [0.25, 0.3) is 0 Å². The summed E-state index contributed by atoms with van der Waals surface area (Å²) in [5, 5.41) is 0. The third-order valence-electron chi connectivity index (χ3n) is 4.43. The van der Waals surface area contributed by atoms with Gasteiger partial charge < -0.3 is 0 Å². The highest BCUT2D eigenvalue weighted by Gasteiger charge is 1.92. The second kappa shape index (κ2) is 22.3. The molecule has 0 bridgehead atoms. The van der Waals surface area contributed by atoms with Gasteiger partial charge in [0.2, 0.25) is 0 Å². The van der Waals surface area contributed by atoms with Gasteiger partial charge in [0.15, 0.2) is 0 Å². The Morgan fingerprint density at radius 1 is 0.348 bits per heavy atom. The summed E-state index contributed by atoms with van der Waals surface area (Å²) in [4.78, 5) is 0. The van der Waals surface area contributed by atoms with Crippen LogP contribution in [0.4, 0.5) is 0 Å². The van der Waals surface area contributed by atoms with Crippen molar-refractivity contribution in [2.75, 3.05) is 11.8 Å². The van der Waals surface area contributed by atoms with Gasteiger partial charge in [0.05, 0.1) is 0 Å². The molecule has 0 unspecified atom stereocenters. The van der Waals surface area contributed by atoms with Crippen molar-refractivity contribution < 1.29 is 0 Å². The van der Waals surface area contributed by atoms with E-state index in [1.165, 1.54) is 109 Å². The Kier molecular flexibility index (Phi) is 22.6. The molecular formula is C21H40Cl2. The highest BCUT2D eigenvalue weighted by molar-refractivity contribution is 6.18. The van der Waals surface area contributed by atoms with Crippen molar-refractivity contribution in [1.29, 1.82) is 0 Å². The average molecular weight is 363 g/mol. The summed E-state index contributed by atoms with van der Waals surface area (Å²) in [5.74, 6) is 1.67. The number of allylic oxidation sites excluding steroid dienone is 2. The first-order chi connectivity index (χ1) is 11.4. The summed E-state index contributed by atoms with van der Waals surface area (Å²) in [5.41, 5.74) is 0. The zero-order valence-corrected chi connectivity index (χ0v) is 16.9. The van der Waals surface area contributed by atoms with Crippen molar-refractivity contribution in [3.05, 3.63) is 12.2 Å². The van der Waals surface area contributed by atoms with E-state index >= 15 is 0 Å². The number of rotatable bonds is 19. The van der Waals surface area contributed by atoms with Gasteiger partial charge in [-0.1, -0.05) is 82.8 Å². The zero-order chi connectivity index (χ0) is 16.8. The van der Waals surface area contributed by atoms with E-state index in [1.54, 1.807) is 0 Å². The fourth-order valence-corrected chi connectivity index (χ4v) is 3.27. The van der Waals surface area contributed by atoms with E-state index in [2.05, 4.69) is 12.2 Å². The maximum Gasteiger partial charge on any atom is 0.0223 e. The zero-order valence-electron chi connectivity index (χ0n) is 15.3. The topological polar surface area (TPSA) is 0 Å². The molecule has 0 fully saturated rings. The van der Waals surface area contributed by atoms with E-state index in [0.717, 1.165) is 11.8 Å². The maximum atomic E-state index is 5.67. The Labute approximate surface area is 156 Å². The van der Waals surface area contributed by atoms with Gasteiger partial charge >= 0.3 is 0 Å². The lowest BCUT2D eigenvalue weighted by Crippen LogP contribution is -1.82. The van der Waals surface area contributed by atoms with Crippen molar-refractivity contribution in [3.63, 3.8) is 0 Å². The van der Waals surface area contributed by atoms with Crippen LogP contribution in [0, 0.1) is 0 Å². The highest BCUT2D eigenvalue weighted by atomic mass is 35.5. The summed E-state index contributed by atoms with van der Waals surface area (Å²) >= 11 is 11.3. The standard InChI is InChI=1S/C21H40Cl2/c22-20-18-16-14-12-10-8-6-4-2-1-3-5-7-9-11-13-15-17-19-21-23/h1-2H,3-21H2. The molecule has 0 saturated carbocycles. The highest BCUT2D eigenvalue weighted by Crippen LogP contribution is 2.11. The molecule has 138 valence electrons. The predicted octanol–water partition coefficient (Wildman–Crippen LogP) is 8.65. The summed E-state index contributed by atoms with van der Waals surface area (Å²) < 4.78 is 0. The summed E-state index contributed by atoms with van der Waals surface area (Å²) in [6, 6.07) is 0. The van der Waals surface area contributed by atoms with Gasteiger partial charge in [0, 0.05) is 11.8 Å². The summed E-state index contributed by atoms with van der Waals surface area (Å²) in [6.07, 6.45) is 27.7. The minimum absolute atomic E-state index is 0.833. The molecule has 0 rings (SSSR count). The average Bonchev–Trinajstić information content (AvgIpc) is 2.57. The van der Waals surface area contributed by atoms with Gasteiger partial charge in [-0.05, 0) is 38.5 Å². The molecule has 0 aromatic rings. The molecule has 0 aliphatic heterocycles. The molecule has 0 radical (unpaired) electrons. The first-order valence-corrected chi connectivity index (χ1v) is 11.3. The fourth-order valence-electron chi connectivity index (χ4n) is 2.89. The smallest absolute Gasteiger partial charge is 0.0223 e. The minimum Gasteiger partial charge on any atom is -0.127 e. The predicted molar refractivity (Wildman–Crippen MR) is 109 cm³/mol. The van der Waals surface area contributed by atoms with Crippen LogP contribution in [-0.2, 0) is 0 Å². The van der Waals surface area contributed by atoms with Crippen LogP contribution in [0.2, 0.25) is 0 Å². The lowest BCUT2D eigenvalue weighted by Gasteiger charge is -2.00. The van der Waals surface area contributed by atoms with Gasteiger partial charge in [-0.3, -0.25) is 0 Å². The first kappa shape index (κ1) is 23.3. The van der Waals surface area contributed by atoms with E-state index in [-0.39, 0.29) is 0 Å². The Bertz CT molecular complexity index is 226. The van der Waals surface area contributed by atoms with E-state index in [4.69, 9.17) is 23.2 Å². The second-order valence-electron chi connectivity index (χ2n) is 6.73. The molecule has 0 aliphatic rings. The molecule has 0 aliphatic carbocycles. The van der Waals surface area contributed by atoms with Crippen molar-refractivity contribution >= 4 is 23.2 Å². The normalized spacial score (nSPS) is 11.6. The Hall–Kier alpha value is 0.320. The van der Waals surface area contributed by atoms with Gasteiger partial charge in [-0.2, -0.15) is 0 Å². The quantitative estimate of drug-likeness (QED) is 0.122. The summed E-state index contributed by atoms with van der Waals surface area (Å²) in [6.45, 7) is 0. The molecule has 0 nitrogen and oxygen atoms in total. The third-order valence-corrected chi connectivity index (χ3v) is 4.96. The Morgan fingerprint density at radius 3 is 0.913 bits per heavy atom. The number of halogens is 2. The molecular weight excluding hydrogens is 323 g/mol. The van der Waals surface area contributed by atoms with Crippen LogP contribution in [0.5, 0.6) is 0 Å². The molecule has 2 heteroatoms. The summed E-state index contributed by atoms with van der Waals surface area (Å²) in [7, 11) is 0. The molecule has 0 spiro atoms. The molecule has 0 N–H and O–H groups in total. The van der Waals surface area contributed by atoms with Crippen LogP contribution in [0.15, 0.2) is 12.2 Å². The monoisotopic (exact) mass is 362 g/mol. The van der Waals surface area contributed by atoms with Gasteiger partial charge in [-0.25, -0.2) is 0 Å². The van der Waals surface area contributed by atoms with Crippen molar-refractivity contribution in [3.8, 4) is 0 Å².